The Labute approximate surface area is 311 Å². The van der Waals surface area contributed by atoms with Crippen LogP contribution in [0.5, 0.6) is 0 Å². The van der Waals surface area contributed by atoms with E-state index < -0.39 is 13.9 Å². The van der Waals surface area contributed by atoms with E-state index in [0.29, 0.717) is 56.6 Å². The number of hydrogen-bond donors (Lipinski definition) is 2. The highest BCUT2D eigenvalue weighted by atomic mass is 19.3. The van der Waals surface area contributed by atoms with Crippen molar-refractivity contribution in [3.05, 3.63) is 129 Å². The molecule has 5 aromatic rings. The number of aryl methyl sites for hydroxylation is 4. The van der Waals surface area contributed by atoms with Gasteiger partial charge in [-0.05, 0) is 88.3 Å². The molecule has 0 radical (unpaired) electrons. The van der Waals surface area contributed by atoms with E-state index in [1.54, 1.807) is 40.1 Å². The highest BCUT2D eigenvalue weighted by Gasteiger charge is 2.56. The van der Waals surface area contributed by atoms with Gasteiger partial charge in [-0.15, -0.1) is 0 Å². The van der Waals surface area contributed by atoms with Gasteiger partial charge >= 0.3 is 13.9 Å². The largest absolute Gasteiger partial charge is 0.737 e. The molecule has 1 aromatic carbocycles. The second-order valence-corrected chi connectivity index (χ2v) is 14.3. The topological polar surface area (TPSA) is 82.1 Å². The minimum atomic E-state index is -4.13. The molecule has 0 unspecified atom stereocenters. The molecule has 0 atom stereocenters. The number of pyridine rings is 2. The summed E-state index contributed by atoms with van der Waals surface area (Å²) in [5, 5.41) is 15.5. The molecule has 2 N–H and O–H groups in total. The Kier molecular flexibility index (Phi) is 8.65. The lowest BCUT2D eigenvalue weighted by Crippen LogP contribution is -2.51. The van der Waals surface area contributed by atoms with Crippen LogP contribution in [0.3, 0.4) is 0 Å². The summed E-state index contributed by atoms with van der Waals surface area (Å²) in [4.78, 5) is 9.66. The molecule has 0 fully saturated rings. The standard InChI is InChI=1S/C38H34B2F4N6.2CH4O/c1-19-15-23(5)47-35(19)31(36-20(2)16-24(6)48(36)39(47,41)42)27-11-13-45-33-29(27)9-10-30-28(12-14-46-34(30)33)32-37-21(3)17-25(7)49(37)40(43,44)50-26(8)18-22(4)38(32)50;2*1-2/h9-18H,1-8H3;2*2H,1H3. The van der Waals surface area contributed by atoms with Crippen molar-refractivity contribution < 1.29 is 36.4 Å². The molecule has 14 heteroatoms. The zero-order valence-corrected chi connectivity index (χ0v) is 32.0. The highest BCUT2D eigenvalue weighted by Crippen LogP contribution is 2.48. The van der Waals surface area contributed by atoms with E-state index in [9.17, 15) is 0 Å². The number of rotatable bonds is 2. The van der Waals surface area contributed by atoms with Crippen LogP contribution < -0.4 is 0 Å². The predicted molar refractivity (Wildman–Crippen MR) is 209 cm³/mol. The first kappa shape index (κ1) is 37.0. The summed E-state index contributed by atoms with van der Waals surface area (Å²) in [5.74, 6) is 0. The lowest BCUT2D eigenvalue weighted by atomic mass is 9.82. The smallest absolute Gasteiger partial charge is 0.400 e. The highest BCUT2D eigenvalue weighted by molar-refractivity contribution is 6.59. The first-order chi connectivity index (χ1) is 25.7. The number of benzene rings is 1. The number of aliphatic hydroxyl groups excluding tert-OH is 2. The van der Waals surface area contributed by atoms with E-state index in [-0.39, 0.29) is 0 Å². The van der Waals surface area contributed by atoms with Gasteiger partial charge in [0.1, 0.15) is 11.4 Å². The van der Waals surface area contributed by atoms with Gasteiger partial charge in [-0.3, -0.25) is 9.97 Å². The quantitative estimate of drug-likeness (QED) is 0.111. The fraction of sp³-hybridized carbons (Fsp3) is 0.250. The molecule has 0 aliphatic carbocycles. The van der Waals surface area contributed by atoms with Gasteiger partial charge in [0.2, 0.25) is 0 Å². The molecule has 278 valence electrons. The Morgan fingerprint density at radius 1 is 0.556 bits per heavy atom. The lowest BCUT2D eigenvalue weighted by molar-refractivity contribution is -0.364. The molecule has 0 saturated carbocycles. The van der Waals surface area contributed by atoms with Crippen molar-refractivity contribution in [2.45, 2.75) is 55.4 Å². The van der Waals surface area contributed by atoms with Crippen molar-refractivity contribution in [1.29, 1.82) is 0 Å². The van der Waals surface area contributed by atoms with Gasteiger partial charge in [0.25, 0.3) is 0 Å². The molecule has 0 saturated heterocycles. The van der Waals surface area contributed by atoms with Gasteiger partial charge in [0.05, 0.1) is 22.2 Å². The monoisotopic (exact) mass is 736 g/mol. The fourth-order valence-corrected chi connectivity index (χ4v) is 9.37. The van der Waals surface area contributed by atoms with E-state index in [2.05, 4.69) is 0 Å². The average molecular weight is 736 g/mol. The average Bonchev–Trinajstić information content (AvgIpc) is 3.82. The normalized spacial score (nSPS) is 17.9. The van der Waals surface area contributed by atoms with Crippen LogP contribution in [0.2, 0.25) is 0 Å². The van der Waals surface area contributed by atoms with E-state index in [0.717, 1.165) is 69.5 Å². The third-order valence-corrected chi connectivity index (χ3v) is 11.0. The van der Waals surface area contributed by atoms with Crippen LogP contribution in [0.15, 0.2) is 83.5 Å². The fourth-order valence-electron chi connectivity index (χ4n) is 9.37. The summed E-state index contributed by atoms with van der Waals surface area (Å²) in [5.41, 5.74) is 11.2. The van der Waals surface area contributed by atoms with Gasteiger partial charge < -0.3 is 45.4 Å². The number of halogens is 4. The lowest BCUT2D eigenvalue weighted by Gasteiger charge is -2.34. The summed E-state index contributed by atoms with van der Waals surface area (Å²) in [6.45, 7) is 6.16. The van der Waals surface area contributed by atoms with Crippen molar-refractivity contribution >= 4 is 58.3 Å². The third kappa shape index (κ3) is 4.72. The van der Waals surface area contributed by atoms with Crippen LogP contribution in [-0.2, 0) is 0 Å². The molecule has 0 spiro atoms. The molecule has 4 aromatic heterocycles. The number of nitrogens with zero attached hydrogens (tertiary/aromatic N) is 6. The number of fused-ring (bicyclic) bond motifs is 7. The Hall–Kier alpha value is -5.33. The summed E-state index contributed by atoms with van der Waals surface area (Å²) in [6, 6.07) is 11.4. The molecular formula is C40H42B2F4N6O2. The van der Waals surface area contributed by atoms with E-state index in [1.807, 2.05) is 76.2 Å². The minimum absolute atomic E-state index is 0.494. The van der Waals surface area contributed by atoms with Gasteiger partial charge in [-0.25, -0.2) is 0 Å². The Bertz CT molecular complexity index is 2510. The molecule has 54 heavy (non-hydrogen) atoms. The van der Waals surface area contributed by atoms with Gasteiger partial charge in [0, 0.05) is 97.0 Å². The number of hydrogen-bond acceptors (Lipinski definition) is 4. The number of aromatic nitrogens is 4. The first-order valence-electron chi connectivity index (χ1n) is 17.8. The van der Waals surface area contributed by atoms with Crippen LogP contribution in [-0.4, -0.2) is 77.7 Å². The van der Waals surface area contributed by atoms with Crippen LogP contribution in [0.4, 0.5) is 17.3 Å². The number of allylic oxidation sites excluding steroid dienone is 4. The Morgan fingerprint density at radius 2 is 0.907 bits per heavy atom. The van der Waals surface area contributed by atoms with Gasteiger partial charge in [-0.1, -0.05) is 12.1 Å². The zero-order chi connectivity index (χ0) is 39.3. The van der Waals surface area contributed by atoms with Crippen LogP contribution in [0, 0.1) is 27.7 Å². The molecule has 8 nitrogen and oxygen atoms in total. The summed E-state index contributed by atoms with van der Waals surface area (Å²) in [6.07, 6.45) is 7.05. The number of aliphatic hydroxyl groups is 2. The maximum Gasteiger partial charge on any atom is 0.737 e. The van der Waals surface area contributed by atoms with Crippen molar-refractivity contribution in [3.8, 4) is 0 Å². The van der Waals surface area contributed by atoms with E-state index in [1.165, 1.54) is 17.9 Å². The van der Waals surface area contributed by atoms with Crippen LogP contribution >= 0.6 is 0 Å². The van der Waals surface area contributed by atoms with Gasteiger partial charge in [-0.2, -0.15) is 0 Å². The second-order valence-electron chi connectivity index (χ2n) is 14.3. The van der Waals surface area contributed by atoms with Crippen LogP contribution in [0.1, 0.15) is 72.7 Å². The SMILES string of the molecule is CC1=CC(C)=[N+]2C1=C(c1ccnc3c1ccc1c(C4=C5C(C)=CC(C)=[N+]5[B-](F)(F)n5c(C)cc(C)c54)ccnc13)c1c(C)cc(C)n1[B-]2(F)F.CO.CO. The molecule has 8 heterocycles. The first-order valence-corrected chi connectivity index (χ1v) is 17.8. The summed E-state index contributed by atoms with van der Waals surface area (Å²) >= 11 is 0. The van der Waals surface area contributed by atoms with E-state index >= 15 is 17.3 Å². The Balaban J connectivity index is 0.00000109. The molecule has 0 amide bonds. The predicted octanol–water partition coefficient (Wildman–Crippen LogP) is 7.69. The molecule has 0 bridgehead atoms. The molecule has 4 aliphatic heterocycles. The molecule has 4 aliphatic rings. The van der Waals surface area contributed by atoms with Gasteiger partial charge in [0.15, 0.2) is 11.4 Å². The second kappa shape index (κ2) is 12.6. The molecular weight excluding hydrogens is 694 g/mol. The maximum atomic E-state index is 16.4. The Morgan fingerprint density at radius 3 is 1.26 bits per heavy atom. The zero-order valence-electron chi connectivity index (χ0n) is 32.0. The summed E-state index contributed by atoms with van der Waals surface area (Å²) < 4.78 is 70.4. The van der Waals surface area contributed by atoms with E-state index in [4.69, 9.17) is 20.2 Å². The van der Waals surface area contributed by atoms with Crippen molar-refractivity contribution in [2.75, 3.05) is 14.2 Å². The summed E-state index contributed by atoms with van der Waals surface area (Å²) in [7, 11) is 2.00. The minimum Gasteiger partial charge on any atom is -0.400 e. The van der Waals surface area contributed by atoms with Crippen molar-refractivity contribution in [3.63, 3.8) is 0 Å². The third-order valence-electron chi connectivity index (χ3n) is 11.0. The van der Waals surface area contributed by atoms with Crippen LogP contribution in [0.25, 0.3) is 33.0 Å². The maximum absolute atomic E-state index is 16.4. The molecule has 9 rings (SSSR count). The van der Waals surface area contributed by atoms with Crippen molar-refractivity contribution in [2.24, 2.45) is 0 Å². The van der Waals surface area contributed by atoms with Crippen molar-refractivity contribution in [1.82, 2.24) is 18.9 Å².